The summed E-state index contributed by atoms with van der Waals surface area (Å²) < 4.78 is 12.4. The Labute approximate surface area is 140 Å². The number of rotatable bonds is 3. The van der Waals surface area contributed by atoms with Gasteiger partial charge in [-0.05, 0) is 18.2 Å². The fraction of sp³-hybridized carbons (Fsp3) is 0.150. The number of aryl methyl sites for hydroxylation is 1. The van der Waals surface area contributed by atoms with Crippen LogP contribution in [-0.2, 0) is 7.05 Å². The van der Waals surface area contributed by atoms with E-state index in [0.29, 0.717) is 17.2 Å². The van der Waals surface area contributed by atoms with Crippen LogP contribution in [0.25, 0.3) is 10.9 Å². The Balaban J connectivity index is 2.15. The van der Waals surface area contributed by atoms with E-state index in [-0.39, 0.29) is 0 Å². The van der Waals surface area contributed by atoms with Gasteiger partial charge in [0.05, 0.1) is 25.5 Å². The lowest BCUT2D eigenvalue weighted by Crippen LogP contribution is -1.95. The van der Waals surface area contributed by atoms with E-state index in [9.17, 15) is 4.79 Å². The van der Waals surface area contributed by atoms with Gasteiger partial charge in [0.15, 0.2) is 6.29 Å². The highest BCUT2D eigenvalue weighted by Crippen LogP contribution is 2.25. The van der Waals surface area contributed by atoms with Crippen molar-refractivity contribution >= 4 is 17.2 Å². The highest BCUT2D eigenvalue weighted by atomic mass is 16.5. The zero-order chi connectivity index (χ0) is 17.1. The molecule has 0 saturated carbocycles. The van der Waals surface area contributed by atoms with Crippen LogP contribution < -0.4 is 9.47 Å². The van der Waals surface area contributed by atoms with Crippen LogP contribution in [0.4, 0.5) is 0 Å². The summed E-state index contributed by atoms with van der Waals surface area (Å²) in [4.78, 5) is 11.5. The van der Waals surface area contributed by atoms with E-state index in [1.54, 1.807) is 20.3 Å². The molecule has 24 heavy (non-hydrogen) atoms. The molecule has 0 spiro atoms. The molecule has 1 aromatic heterocycles. The Bertz CT molecular complexity index is 951. The van der Waals surface area contributed by atoms with Crippen molar-refractivity contribution in [1.82, 2.24) is 4.57 Å². The highest BCUT2D eigenvalue weighted by Gasteiger charge is 2.12. The Morgan fingerprint density at radius 1 is 1.00 bits per heavy atom. The summed E-state index contributed by atoms with van der Waals surface area (Å²) in [5.41, 5.74) is 3.03. The molecule has 0 radical (unpaired) electrons. The van der Waals surface area contributed by atoms with Crippen LogP contribution in [0.3, 0.4) is 0 Å². The van der Waals surface area contributed by atoms with E-state index >= 15 is 0 Å². The fourth-order valence-corrected chi connectivity index (χ4v) is 2.70. The minimum absolute atomic E-state index is 0.568. The number of benzene rings is 2. The van der Waals surface area contributed by atoms with Crippen molar-refractivity contribution < 1.29 is 14.3 Å². The zero-order valence-electron chi connectivity index (χ0n) is 13.8. The number of aromatic nitrogens is 1. The summed E-state index contributed by atoms with van der Waals surface area (Å²) >= 11 is 0. The van der Waals surface area contributed by atoms with Gasteiger partial charge in [0.1, 0.15) is 11.5 Å². The van der Waals surface area contributed by atoms with E-state index < -0.39 is 0 Å². The molecule has 3 aromatic rings. The summed E-state index contributed by atoms with van der Waals surface area (Å²) in [7, 11) is 5.06. The van der Waals surface area contributed by atoms with E-state index in [2.05, 4.69) is 11.8 Å². The molecule has 0 aliphatic rings. The van der Waals surface area contributed by atoms with Gasteiger partial charge in [-0.2, -0.15) is 0 Å². The number of carbonyl (C=O) groups is 1. The highest BCUT2D eigenvalue weighted by molar-refractivity contribution is 5.96. The molecule has 1 heterocycles. The molecule has 0 fully saturated rings. The molecule has 0 aliphatic heterocycles. The van der Waals surface area contributed by atoms with Crippen LogP contribution in [-0.4, -0.2) is 25.1 Å². The molecule has 0 unspecified atom stereocenters. The lowest BCUT2D eigenvalue weighted by molar-refractivity contribution is 0.111. The second-order valence-corrected chi connectivity index (χ2v) is 5.31. The predicted molar refractivity (Wildman–Crippen MR) is 93.8 cm³/mol. The third-order valence-electron chi connectivity index (χ3n) is 3.95. The van der Waals surface area contributed by atoms with E-state index in [4.69, 9.17) is 9.47 Å². The number of ether oxygens (including phenoxy) is 2. The summed E-state index contributed by atoms with van der Waals surface area (Å²) in [6.07, 6.45) is 0.843. The van der Waals surface area contributed by atoms with Gasteiger partial charge in [-0.25, -0.2) is 0 Å². The van der Waals surface area contributed by atoms with Crippen molar-refractivity contribution in [3.8, 4) is 23.3 Å². The van der Waals surface area contributed by atoms with Crippen LogP contribution in [0.2, 0.25) is 0 Å². The van der Waals surface area contributed by atoms with Crippen molar-refractivity contribution in [2.24, 2.45) is 7.05 Å². The Morgan fingerprint density at radius 2 is 1.67 bits per heavy atom. The van der Waals surface area contributed by atoms with Gasteiger partial charge in [0.25, 0.3) is 0 Å². The van der Waals surface area contributed by atoms with Crippen LogP contribution in [0.15, 0.2) is 42.5 Å². The Hall–Kier alpha value is -3.19. The largest absolute Gasteiger partial charge is 0.497 e. The van der Waals surface area contributed by atoms with Crippen LogP contribution >= 0.6 is 0 Å². The number of para-hydroxylation sites is 1. The summed E-state index contributed by atoms with van der Waals surface area (Å²) in [5.74, 6) is 7.59. The molecule has 0 aliphatic carbocycles. The predicted octanol–water partition coefficient (Wildman–Crippen LogP) is 3.41. The van der Waals surface area contributed by atoms with Crippen molar-refractivity contribution in [3.05, 3.63) is 59.3 Å². The number of carbonyl (C=O) groups excluding carboxylic acids is 1. The molecule has 0 N–H and O–H groups in total. The quantitative estimate of drug-likeness (QED) is 0.549. The number of fused-ring (bicyclic) bond motifs is 1. The number of methoxy groups -OCH3 is 2. The molecule has 0 atom stereocenters. The molecular formula is C20H17NO3. The summed E-state index contributed by atoms with van der Waals surface area (Å²) in [6.45, 7) is 0. The normalized spacial score (nSPS) is 10.1. The molecule has 0 amide bonds. The second kappa shape index (κ2) is 6.51. The van der Waals surface area contributed by atoms with Crippen LogP contribution in [0.5, 0.6) is 11.5 Å². The van der Waals surface area contributed by atoms with Crippen LogP contribution in [0.1, 0.15) is 21.6 Å². The van der Waals surface area contributed by atoms with Gasteiger partial charge in [0.2, 0.25) is 0 Å². The topological polar surface area (TPSA) is 40.5 Å². The first-order chi connectivity index (χ1) is 11.7. The van der Waals surface area contributed by atoms with Crippen molar-refractivity contribution in [2.75, 3.05) is 14.2 Å². The molecule has 4 nitrogen and oxygen atoms in total. The number of nitrogens with zero attached hydrogens (tertiary/aromatic N) is 1. The Morgan fingerprint density at radius 3 is 2.29 bits per heavy atom. The average Bonchev–Trinajstić information content (AvgIpc) is 2.91. The summed E-state index contributed by atoms with van der Waals surface area (Å²) in [6, 6.07) is 13.3. The molecule has 120 valence electrons. The van der Waals surface area contributed by atoms with E-state index in [0.717, 1.165) is 28.3 Å². The molecule has 4 heteroatoms. The van der Waals surface area contributed by atoms with Gasteiger partial charge >= 0.3 is 0 Å². The van der Waals surface area contributed by atoms with Gasteiger partial charge < -0.3 is 14.0 Å². The van der Waals surface area contributed by atoms with Crippen LogP contribution in [0, 0.1) is 11.8 Å². The molecular weight excluding hydrogens is 302 g/mol. The molecule has 0 saturated heterocycles. The fourth-order valence-electron chi connectivity index (χ4n) is 2.70. The maximum Gasteiger partial charge on any atom is 0.167 e. The number of hydrogen-bond acceptors (Lipinski definition) is 3. The molecule has 3 rings (SSSR count). The maximum absolute atomic E-state index is 11.5. The third kappa shape index (κ3) is 2.72. The van der Waals surface area contributed by atoms with Gasteiger partial charge in [-0.1, -0.05) is 30.0 Å². The standard InChI is InChI=1S/C20H17NO3/c1-21-19-7-5-4-6-17(19)18(20(21)13-22)9-8-14-10-15(23-2)12-16(11-14)24-3/h4-7,10-13H,1-3H3. The maximum atomic E-state index is 11.5. The van der Waals surface area contributed by atoms with Crippen molar-refractivity contribution in [3.63, 3.8) is 0 Å². The monoisotopic (exact) mass is 319 g/mol. The smallest absolute Gasteiger partial charge is 0.167 e. The van der Waals surface area contributed by atoms with Crippen molar-refractivity contribution in [2.45, 2.75) is 0 Å². The first-order valence-electron chi connectivity index (χ1n) is 7.45. The van der Waals surface area contributed by atoms with Gasteiger partial charge in [-0.3, -0.25) is 4.79 Å². The number of hydrogen-bond donors (Lipinski definition) is 0. The first kappa shape index (κ1) is 15.7. The SMILES string of the molecule is COc1cc(C#Cc2c(C=O)n(C)c3ccccc23)cc(OC)c1. The van der Waals surface area contributed by atoms with Gasteiger partial charge in [0, 0.05) is 29.6 Å². The first-order valence-corrected chi connectivity index (χ1v) is 7.45. The Kier molecular flexibility index (Phi) is 4.26. The molecule has 0 bridgehead atoms. The zero-order valence-corrected chi connectivity index (χ0v) is 13.8. The van der Waals surface area contributed by atoms with Crippen molar-refractivity contribution in [1.29, 1.82) is 0 Å². The lowest BCUT2D eigenvalue weighted by Gasteiger charge is -2.04. The second-order valence-electron chi connectivity index (χ2n) is 5.31. The number of aldehydes is 1. The minimum Gasteiger partial charge on any atom is -0.497 e. The lowest BCUT2D eigenvalue weighted by atomic mass is 10.1. The molecule has 2 aromatic carbocycles. The summed E-state index contributed by atoms with van der Waals surface area (Å²) in [5, 5.41) is 0.962. The van der Waals surface area contributed by atoms with Gasteiger partial charge in [-0.15, -0.1) is 0 Å². The van der Waals surface area contributed by atoms with E-state index in [1.165, 1.54) is 0 Å². The third-order valence-corrected chi connectivity index (χ3v) is 3.95. The van der Waals surface area contributed by atoms with E-state index in [1.807, 2.05) is 48.0 Å². The minimum atomic E-state index is 0.568. The average molecular weight is 319 g/mol.